The Morgan fingerprint density at radius 2 is 2.35 bits per heavy atom. The molecule has 0 saturated heterocycles. The van der Waals surface area contributed by atoms with E-state index >= 15 is 0 Å². The Balaban J connectivity index is 2.10. The molecule has 1 N–H and O–H groups in total. The molecular formula is C13H20ClNOS. The van der Waals surface area contributed by atoms with Crippen LogP contribution in [0.4, 0.5) is 0 Å². The zero-order valence-electron chi connectivity index (χ0n) is 10.5. The van der Waals surface area contributed by atoms with Crippen LogP contribution < -0.4 is 5.32 Å². The van der Waals surface area contributed by atoms with Crippen LogP contribution in [0.1, 0.15) is 43.5 Å². The minimum Gasteiger partial charge on any atom is -0.378 e. The Labute approximate surface area is 112 Å². The molecule has 0 aliphatic heterocycles. The number of rotatable bonds is 6. The minimum atomic E-state index is 0.0835. The first kappa shape index (κ1) is 13.3. The third kappa shape index (κ3) is 2.84. The van der Waals surface area contributed by atoms with Gasteiger partial charge < -0.3 is 10.1 Å². The van der Waals surface area contributed by atoms with E-state index in [2.05, 4.69) is 17.6 Å². The van der Waals surface area contributed by atoms with Crippen molar-refractivity contribution in [3.8, 4) is 0 Å². The fourth-order valence-electron chi connectivity index (χ4n) is 2.49. The average molecular weight is 274 g/mol. The van der Waals surface area contributed by atoms with E-state index in [1.54, 1.807) is 11.3 Å². The van der Waals surface area contributed by atoms with Crippen molar-refractivity contribution in [2.24, 2.45) is 0 Å². The predicted octanol–water partition coefficient (Wildman–Crippen LogP) is 4.01. The van der Waals surface area contributed by atoms with Crippen LogP contribution in [0.2, 0.25) is 5.02 Å². The third-order valence-electron chi connectivity index (χ3n) is 3.69. The molecule has 2 rings (SSSR count). The maximum atomic E-state index is 6.23. The number of methoxy groups -OCH3 is 1. The zero-order valence-corrected chi connectivity index (χ0v) is 12.0. The summed E-state index contributed by atoms with van der Waals surface area (Å²) in [5.74, 6) is 0. The highest BCUT2D eigenvalue weighted by Gasteiger charge is 2.39. The molecule has 1 heterocycles. The van der Waals surface area contributed by atoms with E-state index in [1.807, 2.05) is 13.2 Å². The molecular weight excluding hydrogens is 254 g/mol. The summed E-state index contributed by atoms with van der Waals surface area (Å²) >= 11 is 7.97. The highest BCUT2D eigenvalue weighted by Crippen LogP contribution is 2.43. The molecule has 4 heteroatoms. The quantitative estimate of drug-likeness (QED) is 0.846. The van der Waals surface area contributed by atoms with Crippen molar-refractivity contribution in [1.29, 1.82) is 0 Å². The van der Waals surface area contributed by atoms with Crippen molar-refractivity contribution in [2.75, 3.05) is 13.7 Å². The van der Waals surface area contributed by atoms with Gasteiger partial charge >= 0.3 is 0 Å². The highest BCUT2D eigenvalue weighted by atomic mass is 35.5. The van der Waals surface area contributed by atoms with Crippen molar-refractivity contribution < 1.29 is 4.74 Å². The fraction of sp³-hybridized carbons (Fsp3) is 0.692. The van der Waals surface area contributed by atoms with Gasteiger partial charge in [0.25, 0.3) is 0 Å². The van der Waals surface area contributed by atoms with E-state index in [4.69, 9.17) is 16.3 Å². The first-order valence-electron chi connectivity index (χ1n) is 6.22. The molecule has 0 amide bonds. The third-order valence-corrected chi connectivity index (χ3v) is 5.16. The summed E-state index contributed by atoms with van der Waals surface area (Å²) in [6, 6.07) is 2.30. The van der Waals surface area contributed by atoms with Gasteiger partial charge in [-0.25, -0.2) is 0 Å². The minimum absolute atomic E-state index is 0.0835. The lowest BCUT2D eigenvalue weighted by molar-refractivity contribution is -0.0835. The molecule has 1 aromatic rings. The Morgan fingerprint density at radius 3 is 2.76 bits per heavy atom. The average Bonchev–Trinajstić information content (AvgIpc) is 2.68. The van der Waals surface area contributed by atoms with Gasteiger partial charge in [-0.2, -0.15) is 0 Å². The van der Waals surface area contributed by atoms with E-state index in [0.29, 0.717) is 6.04 Å². The van der Waals surface area contributed by atoms with E-state index in [-0.39, 0.29) is 5.60 Å². The molecule has 1 fully saturated rings. The summed E-state index contributed by atoms with van der Waals surface area (Å²) in [5, 5.41) is 6.47. The number of nitrogens with one attached hydrogen (secondary N) is 1. The van der Waals surface area contributed by atoms with Crippen molar-refractivity contribution >= 4 is 22.9 Å². The van der Waals surface area contributed by atoms with Crippen LogP contribution in [-0.2, 0) is 4.74 Å². The molecule has 1 saturated carbocycles. The van der Waals surface area contributed by atoms with Crippen molar-refractivity contribution in [3.63, 3.8) is 0 Å². The summed E-state index contributed by atoms with van der Waals surface area (Å²) in [4.78, 5) is 1.25. The lowest BCUT2D eigenvalue weighted by Gasteiger charge is -2.42. The summed E-state index contributed by atoms with van der Waals surface area (Å²) in [6.07, 6.45) is 4.66. The molecule has 1 aliphatic carbocycles. The topological polar surface area (TPSA) is 21.3 Å². The molecule has 96 valence electrons. The first-order valence-corrected chi connectivity index (χ1v) is 7.48. The van der Waals surface area contributed by atoms with E-state index in [9.17, 15) is 0 Å². The first-order chi connectivity index (χ1) is 8.21. The van der Waals surface area contributed by atoms with E-state index in [0.717, 1.165) is 18.0 Å². The normalized spacial score (nSPS) is 19.9. The van der Waals surface area contributed by atoms with Gasteiger partial charge in [-0.1, -0.05) is 18.5 Å². The molecule has 1 aromatic heterocycles. The molecule has 0 spiro atoms. The molecule has 0 bridgehead atoms. The fourth-order valence-corrected chi connectivity index (χ4v) is 3.76. The van der Waals surface area contributed by atoms with Crippen molar-refractivity contribution in [2.45, 2.75) is 44.2 Å². The zero-order chi connectivity index (χ0) is 12.3. The van der Waals surface area contributed by atoms with Crippen LogP contribution in [0, 0.1) is 0 Å². The predicted molar refractivity (Wildman–Crippen MR) is 74.0 cm³/mol. The van der Waals surface area contributed by atoms with Gasteiger partial charge in [0.1, 0.15) is 0 Å². The maximum absolute atomic E-state index is 6.23. The van der Waals surface area contributed by atoms with Gasteiger partial charge in [0.15, 0.2) is 0 Å². The number of ether oxygens (including phenoxy) is 1. The van der Waals surface area contributed by atoms with E-state index < -0.39 is 0 Å². The van der Waals surface area contributed by atoms with Crippen LogP contribution in [0.25, 0.3) is 0 Å². The highest BCUT2D eigenvalue weighted by molar-refractivity contribution is 7.10. The smallest absolute Gasteiger partial charge is 0.0697 e. The van der Waals surface area contributed by atoms with Gasteiger partial charge in [0.05, 0.1) is 10.6 Å². The van der Waals surface area contributed by atoms with Crippen LogP contribution in [0.3, 0.4) is 0 Å². The summed E-state index contributed by atoms with van der Waals surface area (Å²) in [6.45, 7) is 3.09. The number of hydrogen-bond donors (Lipinski definition) is 1. The van der Waals surface area contributed by atoms with Gasteiger partial charge in [0.2, 0.25) is 0 Å². The molecule has 17 heavy (non-hydrogen) atoms. The summed E-state index contributed by atoms with van der Waals surface area (Å²) in [7, 11) is 1.83. The van der Waals surface area contributed by atoms with Gasteiger partial charge in [-0.3, -0.25) is 0 Å². The monoisotopic (exact) mass is 273 g/mol. The molecule has 1 unspecified atom stereocenters. The van der Waals surface area contributed by atoms with Gasteiger partial charge in [-0.15, -0.1) is 11.3 Å². The second-order valence-corrected chi connectivity index (χ2v) is 6.04. The van der Waals surface area contributed by atoms with Gasteiger partial charge in [-0.05, 0) is 43.7 Å². The Kier molecular flexibility index (Phi) is 4.47. The largest absolute Gasteiger partial charge is 0.378 e. The SMILES string of the molecule is CCNC(CC1(OC)CCC1)c1sccc1Cl. The van der Waals surface area contributed by atoms with Gasteiger partial charge in [0, 0.05) is 18.0 Å². The lowest BCUT2D eigenvalue weighted by Crippen LogP contribution is -2.42. The molecule has 0 aromatic carbocycles. The summed E-state index contributed by atoms with van der Waals surface area (Å²) < 4.78 is 5.71. The van der Waals surface area contributed by atoms with Crippen molar-refractivity contribution in [1.82, 2.24) is 5.32 Å². The van der Waals surface area contributed by atoms with E-state index in [1.165, 1.54) is 24.1 Å². The van der Waals surface area contributed by atoms with Crippen LogP contribution in [0.5, 0.6) is 0 Å². The Bertz CT molecular complexity index is 357. The number of hydrogen-bond acceptors (Lipinski definition) is 3. The second kappa shape index (κ2) is 5.70. The van der Waals surface area contributed by atoms with Crippen LogP contribution in [0.15, 0.2) is 11.4 Å². The Hall–Kier alpha value is -0.0900. The second-order valence-electron chi connectivity index (χ2n) is 4.69. The number of thiophene rings is 1. The van der Waals surface area contributed by atoms with Crippen LogP contribution in [-0.4, -0.2) is 19.3 Å². The number of halogens is 1. The van der Waals surface area contributed by atoms with Crippen molar-refractivity contribution in [3.05, 3.63) is 21.3 Å². The molecule has 0 radical (unpaired) electrons. The summed E-state index contributed by atoms with van der Waals surface area (Å²) in [5.41, 5.74) is 0.0835. The molecule has 1 aliphatic rings. The lowest BCUT2D eigenvalue weighted by atomic mass is 9.75. The molecule has 2 nitrogen and oxygen atoms in total. The Morgan fingerprint density at radius 1 is 1.59 bits per heavy atom. The van der Waals surface area contributed by atoms with Crippen LogP contribution >= 0.6 is 22.9 Å². The standard InChI is InChI=1S/C13H20ClNOS/c1-3-15-11(12-10(14)5-8-17-12)9-13(16-2)6-4-7-13/h5,8,11,15H,3-4,6-7,9H2,1-2H3. The molecule has 1 atom stereocenters. The maximum Gasteiger partial charge on any atom is 0.0697 e.